The van der Waals surface area contributed by atoms with Crippen LogP contribution < -0.4 is 5.32 Å². The molecule has 92 valence electrons. The molecule has 0 fully saturated rings. The normalized spacial score (nSPS) is 12.6. The summed E-state index contributed by atoms with van der Waals surface area (Å²) in [7, 11) is 0. The SMILES string of the molecule is CCC(CO)NC(=O)/C=C/c1ccnc(Cl)c1. The third kappa shape index (κ3) is 4.97. The summed E-state index contributed by atoms with van der Waals surface area (Å²) in [4.78, 5) is 15.3. The van der Waals surface area contributed by atoms with Crippen molar-refractivity contribution in [3.63, 3.8) is 0 Å². The molecular formula is C12H15ClN2O2. The molecule has 4 nitrogen and oxygen atoms in total. The molecule has 1 aromatic rings. The predicted molar refractivity (Wildman–Crippen MR) is 67.6 cm³/mol. The van der Waals surface area contributed by atoms with Gasteiger partial charge in [-0.3, -0.25) is 4.79 Å². The van der Waals surface area contributed by atoms with Crippen LogP contribution in [0.15, 0.2) is 24.4 Å². The summed E-state index contributed by atoms with van der Waals surface area (Å²) < 4.78 is 0. The van der Waals surface area contributed by atoms with E-state index in [1.54, 1.807) is 24.4 Å². The molecule has 1 aromatic heterocycles. The van der Waals surface area contributed by atoms with Gasteiger partial charge in [-0.05, 0) is 30.2 Å². The molecule has 0 bridgehead atoms. The van der Waals surface area contributed by atoms with Gasteiger partial charge in [0.05, 0.1) is 12.6 Å². The Labute approximate surface area is 105 Å². The third-order valence-corrected chi connectivity index (χ3v) is 2.44. The number of aromatic nitrogens is 1. The van der Waals surface area contributed by atoms with E-state index >= 15 is 0 Å². The standard InChI is InChI=1S/C12H15ClN2O2/c1-2-10(8-16)15-12(17)4-3-9-5-6-14-11(13)7-9/h3-7,10,16H,2,8H2,1H3,(H,15,17)/b4-3+. The summed E-state index contributed by atoms with van der Waals surface area (Å²) in [6.07, 6.45) is 5.32. The van der Waals surface area contributed by atoms with Crippen molar-refractivity contribution in [3.05, 3.63) is 35.1 Å². The maximum Gasteiger partial charge on any atom is 0.244 e. The van der Waals surface area contributed by atoms with E-state index in [4.69, 9.17) is 16.7 Å². The fourth-order valence-corrected chi connectivity index (χ4v) is 1.40. The van der Waals surface area contributed by atoms with Gasteiger partial charge in [0.15, 0.2) is 0 Å². The molecular weight excluding hydrogens is 240 g/mol. The van der Waals surface area contributed by atoms with Gasteiger partial charge in [-0.2, -0.15) is 0 Å². The van der Waals surface area contributed by atoms with Crippen molar-refractivity contribution in [2.45, 2.75) is 19.4 Å². The second kappa shape index (κ2) is 7.04. The van der Waals surface area contributed by atoms with E-state index in [0.717, 1.165) is 5.56 Å². The highest BCUT2D eigenvalue weighted by Gasteiger charge is 2.05. The van der Waals surface area contributed by atoms with Gasteiger partial charge in [-0.25, -0.2) is 4.98 Å². The smallest absolute Gasteiger partial charge is 0.244 e. The molecule has 0 saturated carbocycles. The highest BCUT2D eigenvalue weighted by atomic mass is 35.5. The topological polar surface area (TPSA) is 62.2 Å². The number of aliphatic hydroxyl groups excluding tert-OH is 1. The first-order valence-corrected chi connectivity index (χ1v) is 5.74. The molecule has 0 aromatic carbocycles. The Morgan fingerprint density at radius 3 is 3.06 bits per heavy atom. The average Bonchev–Trinajstić information content (AvgIpc) is 2.33. The Kier molecular flexibility index (Phi) is 5.66. The molecule has 1 atom stereocenters. The Bertz CT molecular complexity index is 403. The Morgan fingerprint density at radius 2 is 2.47 bits per heavy atom. The first-order valence-electron chi connectivity index (χ1n) is 5.36. The maximum absolute atomic E-state index is 11.5. The van der Waals surface area contributed by atoms with Crippen LogP contribution >= 0.6 is 11.6 Å². The Balaban J connectivity index is 2.56. The van der Waals surface area contributed by atoms with E-state index in [1.165, 1.54) is 6.08 Å². The third-order valence-electron chi connectivity index (χ3n) is 2.24. The number of aliphatic hydroxyl groups is 1. The van der Waals surface area contributed by atoms with Gasteiger partial charge >= 0.3 is 0 Å². The Hall–Kier alpha value is -1.39. The van der Waals surface area contributed by atoms with Crippen molar-refractivity contribution in [2.75, 3.05) is 6.61 Å². The lowest BCUT2D eigenvalue weighted by atomic mass is 10.2. The van der Waals surface area contributed by atoms with Crippen molar-refractivity contribution < 1.29 is 9.90 Å². The highest BCUT2D eigenvalue weighted by molar-refractivity contribution is 6.29. The fraction of sp³-hybridized carbons (Fsp3) is 0.333. The second-order valence-electron chi connectivity index (χ2n) is 3.54. The van der Waals surface area contributed by atoms with Crippen LogP contribution in [0.1, 0.15) is 18.9 Å². The maximum atomic E-state index is 11.5. The van der Waals surface area contributed by atoms with Crippen LogP contribution in [0.25, 0.3) is 6.08 Å². The monoisotopic (exact) mass is 254 g/mol. The molecule has 0 saturated heterocycles. The van der Waals surface area contributed by atoms with Crippen molar-refractivity contribution in [3.8, 4) is 0 Å². The lowest BCUT2D eigenvalue weighted by Gasteiger charge is -2.11. The molecule has 2 N–H and O–H groups in total. The average molecular weight is 255 g/mol. The van der Waals surface area contributed by atoms with Gasteiger partial charge < -0.3 is 10.4 Å². The number of nitrogens with one attached hydrogen (secondary N) is 1. The van der Waals surface area contributed by atoms with Crippen LogP contribution in [0.5, 0.6) is 0 Å². The van der Waals surface area contributed by atoms with Gasteiger partial charge in [-0.1, -0.05) is 18.5 Å². The molecule has 0 aliphatic carbocycles. The molecule has 1 rings (SSSR count). The molecule has 1 amide bonds. The van der Waals surface area contributed by atoms with Gasteiger partial charge in [0, 0.05) is 12.3 Å². The largest absolute Gasteiger partial charge is 0.394 e. The van der Waals surface area contributed by atoms with Crippen molar-refractivity contribution >= 4 is 23.6 Å². The van der Waals surface area contributed by atoms with Crippen molar-refractivity contribution in [2.24, 2.45) is 0 Å². The summed E-state index contributed by atoms with van der Waals surface area (Å²) in [6, 6.07) is 3.21. The molecule has 0 spiro atoms. The van der Waals surface area contributed by atoms with Gasteiger partial charge in [-0.15, -0.1) is 0 Å². The van der Waals surface area contributed by atoms with Crippen LogP contribution in [0.4, 0.5) is 0 Å². The van der Waals surface area contributed by atoms with Crippen LogP contribution in [0.3, 0.4) is 0 Å². The summed E-state index contributed by atoms with van der Waals surface area (Å²) >= 11 is 5.71. The van der Waals surface area contributed by atoms with Gasteiger partial charge in [0.25, 0.3) is 0 Å². The van der Waals surface area contributed by atoms with E-state index in [0.29, 0.717) is 11.6 Å². The van der Waals surface area contributed by atoms with E-state index < -0.39 is 0 Å². The number of hydrogen-bond donors (Lipinski definition) is 2. The van der Waals surface area contributed by atoms with Crippen LogP contribution in [0, 0.1) is 0 Å². The highest BCUT2D eigenvalue weighted by Crippen LogP contribution is 2.08. The predicted octanol–water partition coefficient (Wildman–Crippen LogP) is 1.64. The molecule has 0 aliphatic rings. The number of halogens is 1. The van der Waals surface area contributed by atoms with Crippen LogP contribution in [-0.4, -0.2) is 28.6 Å². The fourth-order valence-electron chi connectivity index (χ4n) is 1.22. The van der Waals surface area contributed by atoms with E-state index in [-0.39, 0.29) is 18.6 Å². The van der Waals surface area contributed by atoms with E-state index in [9.17, 15) is 4.79 Å². The Morgan fingerprint density at radius 1 is 1.71 bits per heavy atom. The minimum Gasteiger partial charge on any atom is -0.394 e. The number of rotatable bonds is 5. The minimum atomic E-state index is -0.237. The summed E-state index contributed by atoms with van der Waals surface area (Å²) in [5.74, 6) is -0.237. The van der Waals surface area contributed by atoms with Crippen molar-refractivity contribution in [1.29, 1.82) is 0 Å². The summed E-state index contributed by atoms with van der Waals surface area (Å²) in [5, 5.41) is 12.0. The zero-order valence-electron chi connectivity index (χ0n) is 9.56. The van der Waals surface area contributed by atoms with Gasteiger partial charge in [0.2, 0.25) is 5.91 Å². The number of amides is 1. The van der Waals surface area contributed by atoms with E-state index in [1.807, 2.05) is 6.92 Å². The zero-order valence-corrected chi connectivity index (χ0v) is 10.3. The van der Waals surface area contributed by atoms with Crippen molar-refractivity contribution in [1.82, 2.24) is 10.3 Å². The molecule has 0 radical (unpaired) electrons. The van der Waals surface area contributed by atoms with Crippen LogP contribution in [0.2, 0.25) is 5.15 Å². The number of nitrogens with zero attached hydrogens (tertiary/aromatic N) is 1. The number of pyridine rings is 1. The number of carbonyl (C=O) groups is 1. The number of hydrogen-bond acceptors (Lipinski definition) is 3. The lowest BCUT2D eigenvalue weighted by molar-refractivity contribution is -0.117. The minimum absolute atomic E-state index is 0.0584. The second-order valence-corrected chi connectivity index (χ2v) is 3.93. The van der Waals surface area contributed by atoms with Gasteiger partial charge in [0.1, 0.15) is 5.15 Å². The summed E-state index contributed by atoms with van der Waals surface area (Å²) in [5.41, 5.74) is 0.803. The first kappa shape index (κ1) is 13.7. The lowest BCUT2D eigenvalue weighted by Crippen LogP contribution is -2.35. The quantitative estimate of drug-likeness (QED) is 0.620. The molecule has 17 heavy (non-hydrogen) atoms. The molecule has 5 heteroatoms. The zero-order chi connectivity index (χ0) is 12.7. The number of carbonyl (C=O) groups excluding carboxylic acids is 1. The van der Waals surface area contributed by atoms with E-state index in [2.05, 4.69) is 10.3 Å². The summed E-state index contributed by atoms with van der Waals surface area (Å²) in [6.45, 7) is 1.84. The molecule has 1 heterocycles. The van der Waals surface area contributed by atoms with Crippen LogP contribution in [-0.2, 0) is 4.79 Å². The molecule has 0 aliphatic heterocycles. The molecule has 1 unspecified atom stereocenters. The first-order chi connectivity index (χ1) is 8.15.